The molecule has 1 aromatic heterocycles. The van der Waals surface area contributed by atoms with Crippen molar-refractivity contribution in [1.82, 2.24) is 20.2 Å². The highest BCUT2D eigenvalue weighted by atomic mass is 32.2. The summed E-state index contributed by atoms with van der Waals surface area (Å²) in [4.78, 5) is 25.5. The molecule has 1 N–H and O–H groups in total. The molecule has 24 heavy (non-hydrogen) atoms. The molecule has 3 heterocycles. The van der Waals surface area contributed by atoms with Crippen molar-refractivity contribution in [3.05, 3.63) is 17.5 Å². The Balaban J connectivity index is 1.67. The molecule has 2 saturated heterocycles. The number of hydrogen-bond donors (Lipinski definition) is 1. The molecule has 1 atom stereocenters. The lowest BCUT2D eigenvalue weighted by atomic mass is 10.2. The van der Waals surface area contributed by atoms with E-state index < -0.39 is 9.84 Å². The number of rotatable bonds is 3. The molecule has 0 aliphatic carbocycles. The molecule has 9 heteroatoms. The number of hydrogen-bond acceptors (Lipinski definition) is 7. The van der Waals surface area contributed by atoms with Gasteiger partial charge in [0.1, 0.15) is 0 Å². The van der Waals surface area contributed by atoms with Gasteiger partial charge in [0.15, 0.2) is 9.84 Å². The Morgan fingerprint density at radius 1 is 1.29 bits per heavy atom. The topological polar surface area (TPSA) is 95.5 Å². The van der Waals surface area contributed by atoms with Gasteiger partial charge in [-0.25, -0.2) is 18.4 Å². The third-order valence-corrected chi connectivity index (χ3v) is 6.33. The number of sulfone groups is 1. The third kappa shape index (κ3) is 3.84. The summed E-state index contributed by atoms with van der Waals surface area (Å²) >= 11 is 0. The van der Waals surface area contributed by atoms with Gasteiger partial charge in [-0.1, -0.05) is 0 Å². The SMILES string of the molecule is Cc1nc(N2CCN(C)CC2)ncc1C(=O)N[C@H]1CCS(=O)(=O)C1. The molecule has 1 aromatic rings. The monoisotopic (exact) mass is 353 g/mol. The number of carbonyl (C=O) groups is 1. The fraction of sp³-hybridized carbons (Fsp3) is 0.667. The molecule has 8 nitrogen and oxygen atoms in total. The molecule has 3 rings (SSSR count). The Labute approximate surface area is 142 Å². The van der Waals surface area contributed by atoms with Crippen molar-refractivity contribution in [3.8, 4) is 0 Å². The third-order valence-electron chi connectivity index (χ3n) is 4.57. The van der Waals surface area contributed by atoms with Gasteiger partial charge in [-0.15, -0.1) is 0 Å². The Kier molecular flexibility index (Phi) is 4.73. The highest BCUT2D eigenvalue weighted by Gasteiger charge is 2.29. The first kappa shape index (κ1) is 17.1. The predicted molar refractivity (Wildman–Crippen MR) is 91.0 cm³/mol. The molecule has 2 aliphatic rings. The first-order chi connectivity index (χ1) is 11.3. The van der Waals surface area contributed by atoms with Crippen LogP contribution >= 0.6 is 0 Å². The van der Waals surface area contributed by atoms with E-state index in [1.54, 1.807) is 6.92 Å². The fourth-order valence-electron chi connectivity index (χ4n) is 3.01. The van der Waals surface area contributed by atoms with Crippen molar-refractivity contribution in [1.29, 1.82) is 0 Å². The van der Waals surface area contributed by atoms with Crippen LogP contribution in [0.5, 0.6) is 0 Å². The van der Waals surface area contributed by atoms with Crippen LogP contribution in [0.1, 0.15) is 22.5 Å². The summed E-state index contributed by atoms with van der Waals surface area (Å²) in [6.07, 6.45) is 2.00. The van der Waals surface area contributed by atoms with Crippen molar-refractivity contribution < 1.29 is 13.2 Å². The summed E-state index contributed by atoms with van der Waals surface area (Å²) in [6, 6.07) is -0.320. The summed E-state index contributed by atoms with van der Waals surface area (Å²) in [5, 5.41) is 2.78. The maximum absolute atomic E-state index is 12.4. The summed E-state index contributed by atoms with van der Waals surface area (Å²) in [7, 11) is -0.932. The zero-order chi connectivity index (χ0) is 17.3. The van der Waals surface area contributed by atoms with E-state index in [2.05, 4.69) is 32.1 Å². The predicted octanol–water partition coefficient (Wildman–Crippen LogP) is -0.546. The Hall–Kier alpha value is -1.74. The lowest BCUT2D eigenvalue weighted by molar-refractivity contribution is 0.0939. The van der Waals surface area contributed by atoms with Crippen LogP contribution < -0.4 is 10.2 Å². The number of aromatic nitrogens is 2. The van der Waals surface area contributed by atoms with Gasteiger partial charge >= 0.3 is 0 Å². The van der Waals surface area contributed by atoms with Crippen LogP contribution in [0.3, 0.4) is 0 Å². The van der Waals surface area contributed by atoms with Gasteiger partial charge in [0.25, 0.3) is 5.91 Å². The van der Waals surface area contributed by atoms with Crippen molar-refractivity contribution >= 4 is 21.7 Å². The molecule has 132 valence electrons. The second kappa shape index (κ2) is 6.64. The summed E-state index contributed by atoms with van der Waals surface area (Å²) in [6.45, 7) is 5.42. The second-order valence-electron chi connectivity index (χ2n) is 6.53. The zero-order valence-corrected chi connectivity index (χ0v) is 14.8. The molecule has 0 bridgehead atoms. The average molecular weight is 353 g/mol. The van der Waals surface area contributed by atoms with Gasteiger partial charge in [0.05, 0.1) is 22.8 Å². The lowest BCUT2D eigenvalue weighted by Gasteiger charge is -2.32. The van der Waals surface area contributed by atoms with E-state index in [0.717, 1.165) is 26.2 Å². The molecule has 0 spiro atoms. The summed E-state index contributed by atoms with van der Waals surface area (Å²) in [5.74, 6) is 0.480. The van der Waals surface area contributed by atoms with Gasteiger partial charge < -0.3 is 15.1 Å². The van der Waals surface area contributed by atoms with Crippen LogP contribution in [0.2, 0.25) is 0 Å². The van der Waals surface area contributed by atoms with Crippen molar-refractivity contribution in [2.45, 2.75) is 19.4 Å². The van der Waals surface area contributed by atoms with E-state index in [4.69, 9.17) is 0 Å². The molecule has 2 aliphatic heterocycles. The number of likely N-dealkylation sites (N-methyl/N-ethyl adjacent to an activating group) is 1. The highest BCUT2D eigenvalue weighted by Crippen LogP contribution is 2.15. The molecule has 0 radical (unpaired) electrons. The van der Waals surface area contributed by atoms with Crippen LogP contribution in [0.15, 0.2) is 6.20 Å². The number of anilines is 1. The lowest BCUT2D eigenvalue weighted by Crippen LogP contribution is -2.45. The first-order valence-electron chi connectivity index (χ1n) is 8.12. The molecule has 0 unspecified atom stereocenters. The molecule has 2 fully saturated rings. The van der Waals surface area contributed by atoms with E-state index in [9.17, 15) is 13.2 Å². The van der Waals surface area contributed by atoms with Gasteiger partial charge in [0, 0.05) is 38.4 Å². The Bertz CT molecular complexity index is 729. The Morgan fingerprint density at radius 2 is 2.00 bits per heavy atom. The molecule has 0 aromatic carbocycles. The van der Waals surface area contributed by atoms with Gasteiger partial charge in [-0.2, -0.15) is 0 Å². The maximum atomic E-state index is 12.4. The Morgan fingerprint density at radius 3 is 2.58 bits per heavy atom. The highest BCUT2D eigenvalue weighted by molar-refractivity contribution is 7.91. The molecule has 0 saturated carbocycles. The normalized spacial score (nSPS) is 24.1. The summed E-state index contributed by atoms with van der Waals surface area (Å²) < 4.78 is 23.0. The van der Waals surface area contributed by atoms with Gasteiger partial charge in [-0.3, -0.25) is 4.79 Å². The smallest absolute Gasteiger partial charge is 0.254 e. The molecular weight excluding hydrogens is 330 g/mol. The van der Waals surface area contributed by atoms with Crippen LogP contribution in [0.4, 0.5) is 5.95 Å². The molecular formula is C15H23N5O3S. The largest absolute Gasteiger partial charge is 0.348 e. The van der Waals surface area contributed by atoms with Crippen LogP contribution in [-0.2, 0) is 9.84 Å². The van der Waals surface area contributed by atoms with Gasteiger partial charge in [-0.05, 0) is 20.4 Å². The maximum Gasteiger partial charge on any atom is 0.254 e. The minimum absolute atomic E-state index is 0.0119. The quantitative estimate of drug-likeness (QED) is 0.779. The zero-order valence-electron chi connectivity index (χ0n) is 14.0. The van der Waals surface area contributed by atoms with Crippen molar-refractivity contribution in [2.24, 2.45) is 0 Å². The van der Waals surface area contributed by atoms with E-state index in [-0.39, 0.29) is 23.5 Å². The van der Waals surface area contributed by atoms with E-state index in [1.807, 2.05) is 0 Å². The van der Waals surface area contributed by atoms with Gasteiger partial charge in [0.2, 0.25) is 5.95 Å². The number of amides is 1. The molecule has 1 amide bonds. The van der Waals surface area contributed by atoms with Crippen molar-refractivity contribution in [2.75, 3.05) is 49.6 Å². The minimum atomic E-state index is -3.02. The van der Waals surface area contributed by atoms with Crippen LogP contribution in [-0.4, -0.2) is 80.0 Å². The first-order valence-corrected chi connectivity index (χ1v) is 9.94. The summed E-state index contributed by atoms with van der Waals surface area (Å²) in [5.41, 5.74) is 1.01. The standard InChI is InChI=1S/C15H23N5O3S/c1-11-13(14(21)18-12-3-8-24(22,23)10-12)9-16-15(17-11)20-6-4-19(2)5-7-20/h9,12H,3-8,10H2,1-2H3,(H,18,21)/t12-/m0/s1. The van der Waals surface area contributed by atoms with Crippen LogP contribution in [0, 0.1) is 6.92 Å². The fourth-order valence-corrected chi connectivity index (χ4v) is 4.68. The van der Waals surface area contributed by atoms with Crippen molar-refractivity contribution in [3.63, 3.8) is 0 Å². The van der Waals surface area contributed by atoms with E-state index in [0.29, 0.717) is 23.6 Å². The second-order valence-corrected chi connectivity index (χ2v) is 8.76. The number of carbonyl (C=O) groups excluding carboxylic acids is 1. The van der Waals surface area contributed by atoms with Crippen LogP contribution in [0.25, 0.3) is 0 Å². The number of nitrogens with one attached hydrogen (secondary N) is 1. The number of piperazine rings is 1. The van der Waals surface area contributed by atoms with E-state index >= 15 is 0 Å². The van der Waals surface area contributed by atoms with E-state index in [1.165, 1.54) is 6.20 Å². The number of aryl methyl sites for hydroxylation is 1. The minimum Gasteiger partial charge on any atom is -0.348 e. The number of nitrogens with zero attached hydrogens (tertiary/aromatic N) is 4. The average Bonchev–Trinajstić information content (AvgIpc) is 2.86.